The first-order chi connectivity index (χ1) is 24.9. The Bertz CT molecular complexity index is 1820. The predicted molar refractivity (Wildman–Crippen MR) is 203 cm³/mol. The Morgan fingerprint density at radius 1 is 0.769 bits per heavy atom. The molecule has 0 aliphatic heterocycles. The van der Waals surface area contributed by atoms with Gasteiger partial charge in [0.15, 0.2) is 0 Å². The lowest BCUT2D eigenvalue weighted by atomic mass is 9.98. The second-order valence-corrected chi connectivity index (χ2v) is 14.4. The van der Waals surface area contributed by atoms with Crippen LogP contribution in [0.1, 0.15) is 55.9 Å². The van der Waals surface area contributed by atoms with Crippen molar-refractivity contribution in [3.8, 4) is 34.1 Å². The molecular formula is C41H46N2O8S. The summed E-state index contributed by atoms with van der Waals surface area (Å²) in [7, 11) is 4.60. The average Bonchev–Trinajstić information content (AvgIpc) is 3.45. The maximum atomic E-state index is 13.8. The Morgan fingerprint density at radius 3 is 1.88 bits per heavy atom. The number of nitrogens with one attached hydrogen (secondary N) is 2. The molecule has 0 saturated heterocycles. The van der Waals surface area contributed by atoms with Crippen LogP contribution in [-0.4, -0.2) is 62.7 Å². The van der Waals surface area contributed by atoms with E-state index in [1.165, 1.54) is 14.2 Å². The molecule has 5 rings (SSSR count). The van der Waals surface area contributed by atoms with Gasteiger partial charge in [-0.1, -0.05) is 72.4 Å². The van der Waals surface area contributed by atoms with Crippen LogP contribution in [0.2, 0.25) is 0 Å². The molecule has 52 heavy (non-hydrogen) atoms. The first kappa shape index (κ1) is 38.1. The van der Waals surface area contributed by atoms with Gasteiger partial charge in [0.05, 0.1) is 27.4 Å². The molecule has 0 bridgehead atoms. The van der Waals surface area contributed by atoms with Crippen LogP contribution in [0.15, 0.2) is 84.9 Å². The highest BCUT2D eigenvalue weighted by Crippen LogP contribution is 2.44. The van der Waals surface area contributed by atoms with Gasteiger partial charge in [-0.15, -0.1) is 0 Å². The van der Waals surface area contributed by atoms with Gasteiger partial charge in [0.25, 0.3) is 0 Å². The first-order valence-electron chi connectivity index (χ1n) is 17.1. The van der Waals surface area contributed by atoms with Crippen molar-refractivity contribution in [1.29, 1.82) is 0 Å². The number of rotatable bonds is 14. The fourth-order valence-corrected chi connectivity index (χ4v) is 7.02. The van der Waals surface area contributed by atoms with E-state index in [0.29, 0.717) is 28.6 Å². The summed E-state index contributed by atoms with van der Waals surface area (Å²) in [5.74, 6) is 1.84. The Morgan fingerprint density at radius 2 is 1.35 bits per heavy atom. The molecule has 0 fully saturated rings. The number of ether oxygens (including phenoxy) is 5. The molecule has 10 nitrogen and oxygen atoms in total. The normalized spacial score (nSPS) is 13.2. The number of hydrogen-bond acceptors (Lipinski definition) is 9. The van der Waals surface area contributed by atoms with E-state index in [-0.39, 0.29) is 35.4 Å². The van der Waals surface area contributed by atoms with E-state index in [2.05, 4.69) is 22.8 Å². The van der Waals surface area contributed by atoms with Crippen LogP contribution in [0.25, 0.3) is 11.1 Å². The molecule has 0 radical (unpaired) electrons. The highest BCUT2D eigenvalue weighted by molar-refractivity contribution is 8.13. The number of carbonyl (C=O) groups excluding carboxylic acids is 3. The van der Waals surface area contributed by atoms with Crippen LogP contribution in [0, 0.1) is 0 Å². The molecule has 0 spiro atoms. The molecule has 4 aromatic carbocycles. The lowest BCUT2D eigenvalue weighted by Crippen LogP contribution is -2.51. The monoisotopic (exact) mass is 726 g/mol. The van der Waals surface area contributed by atoms with E-state index >= 15 is 0 Å². The Balaban J connectivity index is 1.27. The van der Waals surface area contributed by atoms with E-state index in [1.54, 1.807) is 26.2 Å². The van der Waals surface area contributed by atoms with Gasteiger partial charge in [-0.2, -0.15) is 0 Å². The summed E-state index contributed by atoms with van der Waals surface area (Å²) in [4.78, 5) is 40.4. The number of fused-ring (bicyclic) bond motifs is 3. The lowest BCUT2D eigenvalue weighted by Gasteiger charge is -2.23. The maximum Gasteiger partial charge on any atom is 0.407 e. The van der Waals surface area contributed by atoms with Gasteiger partial charge in [-0.25, -0.2) is 4.79 Å². The SMILES string of the molecule is COc1cc(OC)c(CSC(=O)[C@H](C)NC(=O)[C@H](Cc2ccc(OC(C)(C)C)cc2)NC(=O)OCC2c3ccccc3-c3ccccc32)c(OC)c1. The fourth-order valence-electron chi connectivity index (χ4n) is 6.14. The van der Waals surface area contributed by atoms with Crippen LogP contribution < -0.4 is 29.6 Å². The molecule has 2 N–H and O–H groups in total. The maximum absolute atomic E-state index is 13.8. The van der Waals surface area contributed by atoms with E-state index in [9.17, 15) is 14.4 Å². The number of alkyl carbamates (subject to hydrolysis) is 1. The standard InChI is InChI=1S/C41H46N2O8S/c1-25(39(45)52-24-34-36(48-6)21-28(47-5)22-37(34)49-7)42-38(44)35(20-26-16-18-27(19-17-26)51-41(2,3)4)43-40(46)50-23-33-31-14-10-8-12-29(31)30-13-9-11-15-32(30)33/h8-19,21-22,25,33,35H,20,23-24H2,1-7H3,(H,42,44)(H,43,46)/t25-,35-/m0/s1. The quantitative estimate of drug-likeness (QED) is 0.138. The summed E-state index contributed by atoms with van der Waals surface area (Å²) in [6.45, 7) is 7.59. The summed E-state index contributed by atoms with van der Waals surface area (Å²) < 4.78 is 28.1. The minimum absolute atomic E-state index is 0.0941. The molecule has 0 heterocycles. The van der Waals surface area contributed by atoms with Gasteiger partial charge in [0.1, 0.15) is 41.2 Å². The topological polar surface area (TPSA) is 121 Å². The van der Waals surface area contributed by atoms with Crippen LogP contribution in [0.3, 0.4) is 0 Å². The van der Waals surface area contributed by atoms with Gasteiger partial charge in [-0.05, 0) is 67.6 Å². The van der Waals surface area contributed by atoms with Crippen molar-refractivity contribution in [2.45, 2.75) is 63.5 Å². The summed E-state index contributed by atoms with van der Waals surface area (Å²) in [6.07, 6.45) is -0.582. The molecule has 2 atom stereocenters. The Labute approximate surface area is 309 Å². The fraction of sp³-hybridized carbons (Fsp3) is 0.341. The minimum Gasteiger partial charge on any atom is -0.496 e. The Hall–Kier alpha value is -5.16. The Kier molecular flexibility index (Phi) is 12.4. The number of benzene rings is 4. The van der Waals surface area contributed by atoms with Gasteiger partial charge in [-0.3, -0.25) is 9.59 Å². The van der Waals surface area contributed by atoms with Gasteiger partial charge in [0.2, 0.25) is 11.0 Å². The number of amides is 2. The molecule has 1 aliphatic carbocycles. The molecular weight excluding hydrogens is 681 g/mol. The molecule has 0 aromatic heterocycles. The summed E-state index contributed by atoms with van der Waals surface area (Å²) in [6, 6.07) is 25.0. The van der Waals surface area contributed by atoms with Crippen LogP contribution >= 0.6 is 11.8 Å². The molecule has 4 aromatic rings. The van der Waals surface area contributed by atoms with Crippen molar-refractivity contribution in [2.24, 2.45) is 0 Å². The number of methoxy groups -OCH3 is 3. The van der Waals surface area contributed by atoms with Crippen LogP contribution in [0.5, 0.6) is 23.0 Å². The van der Waals surface area contributed by atoms with E-state index < -0.39 is 24.1 Å². The van der Waals surface area contributed by atoms with Crippen LogP contribution in [0.4, 0.5) is 4.79 Å². The van der Waals surface area contributed by atoms with Crippen molar-refractivity contribution in [3.05, 3.63) is 107 Å². The number of thioether (sulfide) groups is 1. The van der Waals surface area contributed by atoms with Crippen molar-refractivity contribution in [1.82, 2.24) is 10.6 Å². The lowest BCUT2D eigenvalue weighted by molar-refractivity contribution is -0.126. The minimum atomic E-state index is -1.04. The summed E-state index contributed by atoms with van der Waals surface area (Å²) in [5.41, 5.74) is 5.48. The van der Waals surface area contributed by atoms with Crippen LogP contribution in [-0.2, 0) is 26.5 Å². The van der Waals surface area contributed by atoms with E-state index in [1.807, 2.05) is 81.4 Å². The third-order valence-corrected chi connectivity index (χ3v) is 9.70. The summed E-state index contributed by atoms with van der Waals surface area (Å²) in [5, 5.41) is 5.28. The predicted octanol–water partition coefficient (Wildman–Crippen LogP) is 7.30. The van der Waals surface area contributed by atoms with Crippen molar-refractivity contribution in [2.75, 3.05) is 27.9 Å². The zero-order valence-corrected chi connectivity index (χ0v) is 31.4. The zero-order valence-electron chi connectivity index (χ0n) is 30.6. The molecule has 2 amide bonds. The van der Waals surface area contributed by atoms with E-state index in [0.717, 1.165) is 39.6 Å². The number of carbonyl (C=O) groups is 3. The zero-order chi connectivity index (χ0) is 37.4. The van der Waals surface area contributed by atoms with Crippen molar-refractivity contribution in [3.63, 3.8) is 0 Å². The average molecular weight is 727 g/mol. The first-order valence-corrected chi connectivity index (χ1v) is 18.0. The summed E-state index contributed by atoms with van der Waals surface area (Å²) >= 11 is 1.02. The largest absolute Gasteiger partial charge is 0.496 e. The van der Waals surface area contributed by atoms with Crippen molar-refractivity contribution < 1.29 is 38.1 Å². The second kappa shape index (κ2) is 16.9. The third-order valence-electron chi connectivity index (χ3n) is 8.63. The molecule has 0 saturated carbocycles. The van der Waals surface area contributed by atoms with Gasteiger partial charge >= 0.3 is 6.09 Å². The highest BCUT2D eigenvalue weighted by Gasteiger charge is 2.31. The molecule has 11 heteroatoms. The van der Waals surface area contributed by atoms with Gasteiger partial charge in [0, 0.05) is 35.8 Å². The number of hydrogen-bond donors (Lipinski definition) is 2. The molecule has 1 aliphatic rings. The van der Waals surface area contributed by atoms with E-state index in [4.69, 9.17) is 23.7 Å². The molecule has 274 valence electrons. The molecule has 0 unspecified atom stereocenters. The van der Waals surface area contributed by atoms with Gasteiger partial charge < -0.3 is 34.3 Å². The van der Waals surface area contributed by atoms with Crippen molar-refractivity contribution >= 4 is 28.9 Å². The third kappa shape index (κ3) is 9.38. The smallest absolute Gasteiger partial charge is 0.407 e. The highest BCUT2D eigenvalue weighted by atomic mass is 32.2. The second-order valence-electron chi connectivity index (χ2n) is 13.4.